The Morgan fingerprint density at radius 2 is 1.67 bits per heavy atom. The van der Waals surface area contributed by atoms with Crippen LogP contribution in [-0.2, 0) is 11.3 Å². The molecule has 3 heteroatoms. The lowest BCUT2D eigenvalue weighted by Crippen LogP contribution is -2.33. The number of primary amides is 1. The topological polar surface area (TPSA) is 55.1 Å². The van der Waals surface area contributed by atoms with Crippen LogP contribution in [0.1, 0.15) is 33.9 Å². The first-order valence-electron chi connectivity index (χ1n) is 7.13. The standard InChI is InChI=1S/C18H22N2O/c1-12-9-13(2)16(14(3)10-12)11-20-17(18(19)21)15-7-5-4-6-8-15/h4-10,17,20H,11H2,1-3H3,(H2,19,21). The Morgan fingerprint density at radius 3 is 2.19 bits per heavy atom. The van der Waals surface area contributed by atoms with Gasteiger partial charge in [-0.05, 0) is 43.0 Å². The van der Waals surface area contributed by atoms with Crippen molar-refractivity contribution in [1.29, 1.82) is 0 Å². The van der Waals surface area contributed by atoms with E-state index in [9.17, 15) is 4.79 Å². The van der Waals surface area contributed by atoms with Crippen LogP contribution in [0.4, 0.5) is 0 Å². The molecule has 1 atom stereocenters. The third kappa shape index (κ3) is 3.70. The number of amides is 1. The summed E-state index contributed by atoms with van der Waals surface area (Å²) in [5.74, 6) is -0.358. The number of carbonyl (C=O) groups is 1. The van der Waals surface area contributed by atoms with Crippen molar-refractivity contribution >= 4 is 5.91 Å². The zero-order valence-corrected chi connectivity index (χ0v) is 12.8. The zero-order chi connectivity index (χ0) is 15.4. The monoisotopic (exact) mass is 282 g/mol. The van der Waals surface area contributed by atoms with Crippen molar-refractivity contribution in [2.24, 2.45) is 5.73 Å². The highest BCUT2D eigenvalue weighted by atomic mass is 16.1. The van der Waals surface area contributed by atoms with Gasteiger partial charge in [0.05, 0.1) is 0 Å². The maximum absolute atomic E-state index is 11.7. The largest absolute Gasteiger partial charge is 0.368 e. The first kappa shape index (κ1) is 15.3. The molecular formula is C18H22N2O. The summed E-state index contributed by atoms with van der Waals surface area (Å²) in [6.07, 6.45) is 0. The van der Waals surface area contributed by atoms with Crippen molar-refractivity contribution in [2.45, 2.75) is 33.4 Å². The molecule has 2 aromatic carbocycles. The quantitative estimate of drug-likeness (QED) is 0.886. The van der Waals surface area contributed by atoms with Gasteiger partial charge >= 0.3 is 0 Å². The second kappa shape index (κ2) is 6.55. The number of hydrogen-bond donors (Lipinski definition) is 2. The van der Waals surface area contributed by atoms with Crippen LogP contribution in [0.15, 0.2) is 42.5 Å². The van der Waals surface area contributed by atoms with Gasteiger partial charge in [-0.25, -0.2) is 0 Å². The predicted octanol–water partition coefficient (Wildman–Crippen LogP) is 2.93. The van der Waals surface area contributed by atoms with E-state index >= 15 is 0 Å². The molecule has 0 radical (unpaired) electrons. The maximum Gasteiger partial charge on any atom is 0.239 e. The Kier molecular flexibility index (Phi) is 4.76. The summed E-state index contributed by atoms with van der Waals surface area (Å²) in [5, 5.41) is 3.28. The van der Waals surface area contributed by atoms with Crippen molar-refractivity contribution in [3.05, 3.63) is 70.3 Å². The van der Waals surface area contributed by atoms with Crippen molar-refractivity contribution in [2.75, 3.05) is 0 Å². The molecule has 2 rings (SSSR count). The van der Waals surface area contributed by atoms with E-state index in [0.29, 0.717) is 6.54 Å². The summed E-state index contributed by atoms with van der Waals surface area (Å²) in [7, 11) is 0. The predicted molar refractivity (Wildman–Crippen MR) is 85.9 cm³/mol. The summed E-state index contributed by atoms with van der Waals surface area (Å²) < 4.78 is 0. The molecule has 0 aliphatic rings. The van der Waals surface area contributed by atoms with Gasteiger partial charge in [-0.1, -0.05) is 48.0 Å². The van der Waals surface area contributed by atoms with Gasteiger partial charge in [0, 0.05) is 6.54 Å². The lowest BCUT2D eigenvalue weighted by atomic mass is 9.99. The van der Waals surface area contributed by atoms with E-state index in [4.69, 9.17) is 5.73 Å². The third-order valence-electron chi connectivity index (χ3n) is 3.74. The van der Waals surface area contributed by atoms with Crippen molar-refractivity contribution in [1.82, 2.24) is 5.32 Å². The van der Waals surface area contributed by atoms with Gasteiger partial charge in [-0.3, -0.25) is 10.1 Å². The fraction of sp³-hybridized carbons (Fsp3) is 0.278. The van der Waals surface area contributed by atoms with E-state index in [1.807, 2.05) is 30.3 Å². The number of benzene rings is 2. The average molecular weight is 282 g/mol. The zero-order valence-electron chi connectivity index (χ0n) is 12.8. The molecule has 3 nitrogen and oxygen atoms in total. The fourth-order valence-electron chi connectivity index (χ4n) is 2.72. The van der Waals surface area contributed by atoms with Crippen LogP contribution in [0.5, 0.6) is 0 Å². The van der Waals surface area contributed by atoms with E-state index < -0.39 is 6.04 Å². The van der Waals surface area contributed by atoms with Crippen LogP contribution < -0.4 is 11.1 Å². The van der Waals surface area contributed by atoms with E-state index in [1.54, 1.807) is 0 Å². The molecule has 0 fully saturated rings. The van der Waals surface area contributed by atoms with E-state index in [2.05, 4.69) is 38.2 Å². The highest BCUT2D eigenvalue weighted by Gasteiger charge is 2.17. The van der Waals surface area contributed by atoms with Crippen molar-refractivity contribution in [3.63, 3.8) is 0 Å². The summed E-state index contributed by atoms with van der Waals surface area (Å²) in [5.41, 5.74) is 11.4. The molecule has 0 bridgehead atoms. The summed E-state index contributed by atoms with van der Waals surface area (Å²) >= 11 is 0. The molecule has 0 saturated heterocycles. The average Bonchev–Trinajstić information content (AvgIpc) is 2.42. The normalized spacial score (nSPS) is 12.1. The van der Waals surface area contributed by atoms with Crippen LogP contribution in [-0.4, -0.2) is 5.91 Å². The minimum atomic E-state index is -0.466. The SMILES string of the molecule is Cc1cc(C)c(CNC(C(N)=O)c2ccccc2)c(C)c1. The first-order chi connectivity index (χ1) is 9.99. The molecule has 0 heterocycles. The van der Waals surface area contributed by atoms with Gasteiger partial charge in [0.1, 0.15) is 6.04 Å². The highest BCUT2D eigenvalue weighted by Crippen LogP contribution is 2.18. The number of nitrogens with one attached hydrogen (secondary N) is 1. The molecule has 1 unspecified atom stereocenters. The van der Waals surface area contributed by atoms with E-state index in [-0.39, 0.29) is 5.91 Å². The Labute approximate surface area is 126 Å². The Morgan fingerprint density at radius 1 is 1.10 bits per heavy atom. The summed E-state index contributed by atoms with van der Waals surface area (Å²) in [4.78, 5) is 11.7. The maximum atomic E-state index is 11.7. The van der Waals surface area contributed by atoms with Gasteiger partial charge in [0.2, 0.25) is 5.91 Å². The van der Waals surface area contributed by atoms with Gasteiger partial charge in [0.25, 0.3) is 0 Å². The molecule has 3 N–H and O–H groups in total. The van der Waals surface area contributed by atoms with Crippen LogP contribution in [0.2, 0.25) is 0 Å². The minimum Gasteiger partial charge on any atom is -0.368 e. The van der Waals surface area contributed by atoms with E-state index in [0.717, 1.165) is 5.56 Å². The van der Waals surface area contributed by atoms with Gasteiger partial charge in [-0.15, -0.1) is 0 Å². The molecule has 0 saturated carbocycles. The minimum absolute atomic E-state index is 0.358. The van der Waals surface area contributed by atoms with Crippen LogP contribution >= 0.6 is 0 Å². The van der Waals surface area contributed by atoms with Crippen LogP contribution in [0, 0.1) is 20.8 Å². The smallest absolute Gasteiger partial charge is 0.239 e. The Hall–Kier alpha value is -2.13. The van der Waals surface area contributed by atoms with Crippen molar-refractivity contribution in [3.8, 4) is 0 Å². The Bertz CT molecular complexity index is 612. The molecule has 0 spiro atoms. The second-order valence-corrected chi connectivity index (χ2v) is 5.50. The number of aryl methyl sites for hydroxylation is 3. The van der Waals surface area contributed by atoms with Crippen LogP contribution in [0.3, 0.4) is 0 Å². The molecule has 0 aromatic heterocycles. The highest BCUT2D eigenvalue weighted by molar-refractivity contribution is 5.81. The summed E-state index contributed by atoms with van der Waals surface area (Å²) in [6.45, 7) is 6.91. The number of hydrogen-bond acceptors (Lipinski definition) is 2. The first-order valence-corrected chi connectivity index (χ1v) is 7.13. The number of nitrogens with two attached hydrogens (primary N) is 1. The molecule has 2 aromatic rings. The van der Waals surface area contributed by atoms with Gasteiger partial charge in [-0.2, -0.15) is 0 Å². The second-order valence-electron chi connectivity index (χ2n) is 5.50. The molecule has 0 aliphatic heterocycles. The summed E-state index contributed by atoms with van der Waals surface area (Å²) in [6, 6.07) is 13.4. The third-order valence-corrected chi connectivity index (χ3v) is 3.74. The number of rotatable bonds is 5. The molecular weight excluding hydrogens is 260 g/mol. The van der Waals surface area contributed by atoms with Gasteiger partial charge < -0.3 is 5.73 Å². The molecule has 110 valence electrons. The molecule has 1 amide bonds. The number of carbonyl (C=O) groups excluding carboxylic acids is 1. The molecule has 21 heavy (non-hydrogen) atoms. The lowest BCUT2D eigenvalue weighted by Gasteiger charge is -2.18. The van der Waals surface area contributed by atoms with Gasteiger partial charge in [0.15, 0.2) is 0 Å². The lowest BCUT2D eigenvalue weighted by molar-refractivity contribution is -0.120. The molecule has 0 aliphatic carbocycles. The van der Waals surface area contributed by atoms with E-state index in [1.165, 1.54) is 22.3 Å². The fourth-order valence-corrected chi connectivity index (χ4v) is 2.72. The van der Waals surface area contributed by atoms with Crippen molar-refractivity contribution < 1.29 is 4.79 Å². The Balaban J connectivity index is 2.19. The van der Waals surface area contributed by atoms with Crippen LogP contribution in [0.25, 0.3) is 0 Å².